The first-order valence-corrected chi connectivity index (χ1v) is 6.39. The van der Waals surface area contributed by atoms with Crippen LogP contribution in [0.4, 0.5) is 0 Å². The standard InChI is InChI=1S/C12H20N4O2/c1-2-3-13-10(12(17)18)8-15-6-7-16-5-4-14-11(16)9-15/h4-5,10,13H,2-3,6-9H2,1H3,(H,17,18). The minimum atomic E-state index is -0.780. The Hall–Kier alpha value is -1.40. The predicted octanol–water partition coefficient (Wildman–Crippen LogP) is 0.151. The Bertz CT molecular complexity index is 405. The van der Waals surface area contributed by atoms with Gasteiger partial charge in [-0.2, -0.15) is 0 Å². The van der Waals surface area contributed by atoms with Gasteiger partial charge in [-0.1, -0.05) is 6.92 Å². The molecule has 1 aromatic rings. The molecule has 0 saturated heterocycles. The average Bonchev–Trinajstić information content (AvgIpc) is 2.81. The molecule has 2 rings (SSSR count). The lowest BCUT2D eigenvalue weighted by Crippen LogP contribution is -2.48. The van der Waals surface area contributed by atoms with Crippen molar-refractivity contribution in [3.05, 3.63) is 18.2 Å². The van der Waals surface area contributed by atoms with Gasteiger partial charge in [0.15, 0.2) is 0 Å². The van der Waals surface area contributed by atoms with Crippen LogP contribution >= 0.6 is 0 Å². The third-order valence-corrected chi connectivity index (χ3v) is 3.20. The number of nitrogens with one attached hydrogen (secondary N) is 1. The second kappa shape index (κ2) is 5.97. The van der Waals surface area contributed by atoms with E-state index in [1.54, 1.807) is 6.20 Å². The Labute approximate surface area is 107 Å². The van der Waals surface area contributed by atoms with Gasteiger partial charge in [-0.15, -0.1) is 0 Å². The van der Waals surface area contributed by atoms with Gasteiger partial charge in [0.25, 0.3) is 0 Å². The highest BCUT2D eigenvalue weighted by Crippen LogP contribution is 2.10. The summed E-state index contributed by atoms with van der Waals surface area (Å²) in [5.74, 6) is 0.234. The van der Waals surface area contributed by atoms with Crippen molar-refractivity contribution < 1.29 is 9.90 Å². The quantitative estimate of drug-likeness (QED) is 0.754. The molecule has 0 fully saturated rings. The van der Waals surface area contributed by atoms with Crippen molar-refractivity contribution in [1.82, 2.24) is 19.8 Å². The van der Waals surface area contributed by atoms with E-state index >= 15 is 0 Å². The molecule has 0 amide bonds. The molecular formula is C12H20N4O2. The van der Waals surface area contributed by atoms with Crippen LogP contribution < -0.4 is 5.32 Å². The van der Waals surface area contributed by atoms with Crippen molar-refractivity contribution in [3.63, 3.8) is 0 Å². The summed E-state index contributed by atoms with van der Waals surface area (Å²) in [5, 5.41) is 12.2. The molecule has 1 atom stereocenters. The Morgan fingerprint density at radius 3 is 3.17 bits per heavy atom. The molecule has 1 aliphatic rings. The molecule has 0 radical (unpaired) electrons. The highest BCUT2D eigenvalue weighted by molar-refractivity contribution is 5.73. The van der Waals surface area contributed by atoms with Crippen LogP contribution in [0.5, 0.6) is 0 Å². The molecule has 2 heterocycles. The molecule has 0 saturated carbocycles. The number of fused-ring (bicyclic) bond motifs is 1. The number of hydrogen-bond donors (Lipinski definition) is 2. The maximum Gasteiger partial charge on any atom is 0.322 e. The number of rotatable bonds is 6. The molecule has 6 nitrogen and oxygen atoms in total. The first-order valence-electron chi connectivity index (χ1n) is 6.39. The van der Waals surface area contributed by atoms with E-state index in [1.807, 2.05) is 13.1 Å². The zero-order valence-electron chi connectivity index (χ0n) is 10.7. The van der Waals surface area contributed by atoms with Gasteiger partial charge in [0.1, 0.15) is 11.9 Å². The van der Waals surface area contributed by atoms with Gasteiger partial charge < -0.3 is 15.0 Å². The molecule has 18 heavy (non-hydrogen) atoms. The van der Waals surface area contributed by atoms with Crippen molar-refractivity contribution in [2.45, 2.75) is 32.5 Å². The highest BCUT2D eigenvalue weighted by atomic mass is 16.4. The number of imidazole rings is 1. The number of carboxylic acid groups (broad SMARTS) is 1. The summed E-state index contributed by atoms with van der Waals surface area (Å²) in [6.07, 6.45) is 4.70. The van der Waals surface area contributed by atoms with Crippen LogP contribution in [0, 0.1) is 0 Å². The fourth-order valence-corrected chi connectivity index (χ4v) is 2.19. The molecule has 6 heteroatoms. The van der Waals surface area contributed by atoms with E-state index in [4.69, 9.17) is 0 Å². The van der Waals surface area contributed by atoms with E-state index in [-0.39, 0.29) is 0 Å². The van der Waals surface area contributed by atoms with Crippen LogP contribution in [0.25, 0.3) is 0 Å². The molecule has 1 unspecified atom stereocenters. The Morgan fingerprint density at radius 1 is 1.61 bits per heavy atom. The first-order chi connectivity index (χ1) is 8.70. The highest BCUT2D eigenvalue weighted by Gasteiger charge is 2.23. The minimum absolute atomic E-state index is 0.494. The summed E-state index contributed by atoms with van der Waals surface area (Å²) in [6, 6.07) is -0.494. The van der Waals surface area contributed by atoms with Crippen LogP contribution in [0.15, 0.2) is 12.4 Å². The van der Waals surface area contributed by atoms with Gasteiger partial charge in [-0.3, -0.25) is 9.69 Å². The van der Waals surface area contributed by atoms with E-state index in [1.165, 1.54) is 0 Å². The summed E-state index contributed by atoms with van der Waals surface area (Å²) in [6.45, 7) is 5.78. The molecule has 100 valence electrons. The zero-order chi connectivity index (χ0) is 13.0. The number of aliphatic carboxylic acids is 1. The molecule has 0 bridgehead atoms. The molecule has 0 aliphatic carbocycles. The van der Waals surface area contributed by atoms with Crippen molar-refractivity contribution >= 4 is 5.97 Å². The van der Waals surface area contributed by atoms with E-state index in [0.29, 0.717) is 6.54 Å². The maximum absolute atomic E-state index is 11.2. The molecule has 0 spiro atoms. The van der Waals surface area contributed by atoms with Crippen molar-refractivity contribution in [2.24, 2.45) is 0 Å². The number of carbonyl (C=O) groups is 1. The van der Waals surface area contributed by atoms with Crippen LogP contribution in [0.3, 0.4) is 0 Å². The Kier molecular flexibility index (Phi) is 4.33. The van der Waals surface area contributed by atoms with Crippen molar-refractivity contribution in [1.29, 1.82) is 0 Å². The summed E-state index contributed by atoms with van der Waals surface area (Å²) >= 11 is 0. The number of carboxylic acids is 1. The third-order valence-electron chi connectivity index (χ3n) is 3.20. The molecule has 0 aromatic carbocycles. The Balaban J connectivity index is 1.90. The Morgan fingerprint density at radius 2 is 2.44 bits per heavy atom. The van der Waals surface area contributed by atoms with Crippen LogP contribution in [0.2, 0.25) is 0 Å². The second-order valence-corrected chi connectivity index (χ2v) is 4.62. The number of nitrogens with zero attached hydrogens (tertiary/aromatic N) is 3. The lowest BCUT2D eigenvalue weighted by molar-refractivity contribution is -0.140. The number of hydrogen-bond acceptors (Lipinski definition) is 4. The monoisotopic (exact) mass is 252 g/mol. The third kappa shape index (κ3) is 3.08. The van der Waals surface area contributed by atoms with Crippen LogP contribution in [-0.2, 0) is 17.9 Å². The lowest BCUT2D eigenvalue weighted by Gasteiger charge is -2.29. The van der Waals surface area contributed by atoms with E-state index in [2.05, 4.69) is 19.8 Å². The van der Waals surface area contributed by atoms with Gasteiger partial charge in [-0.05, 0) is 13.0 Å². The van der Waals surface area contributed by atoms with Crippen molar-refractivity contribution in [2.75, 3.05) is 19.6 Å². The topological polar surface area (TPSA) is 70.4 Å². The lowest BCUT2D eigenvalue weighted by atomic mass is 10.2. The SMILES string of the molecule is CCCNC(CN1CCn2ccnc2C1)C(=O)O. The normalized spacial score (nSPS) is 17.4. The molecule has 2 N–H and O–H groups in total. The largest absolute Gasteiger partial charge is 0.480 e. The van der Waals surface area contributed by atoms with Crippen LogP contribution in [0.1, 0.15) is 19.2 Å². The van der Waals surface area contributed by atoms with E-state index < -0.39 is 12.0 Å². The number of aromatic nitrogens is 2. The molecule has 1 aliphatic heterocycles. The van der Waals surface area contributed by atoms with Crippen molar-refractivity contribution in [3.8, 4) is 0 Å². The van der Waals surface area contributed by atoms with Gasteiger partial charge >= 0.3 is 5.97 Å². The van der Waals surface area contributed by atoms with Crippen LogP contribution in [-0.4, -0.2) is 51.2 Å². The van der Waals surface area contributed by atoms with Gasteiger partial charge in [0.2, 0.25) is 0 Å². The fourth-order valence-electron chi connectivity index (χ4n) is 2.19. The summed E-state index contributed by atoms with van der Waals surface area (Å²) < 4.78 is 2.12. The fraction of sp³-hybridized carbons (Fsp3) is 0.667. The van der Waals surface area contributed by atoms with Gasteiger partial charge in [0, 0.05) is 32.0 Å². The average molecular weight is 252 g/mol. The zero-order valence-corrected chi connectivity index (χ0v) is 10.7. The maximum atomic E-state index is 11.2. The molecule has 1 aromatic heterocycles. The summed E-state index contributed by atoms with van der Waals surface area (Å²) in [5.41, 5.74) is 0. The van der Waals surface area contributed by atoms with E-state index in [9.17, 15) is 9.90 Å². The predicted molar refractivity (Wildman–Crippen MR) is 67.2 cm³/mol. The summed E-state index contributed by atoms with van der Waals surface area (Å²) in [4.78, 5) is 17.6. The van der Waals surface area contributed by atoms with Gasteiger partial charge in [0.05, 0.1) is 6.54 Å². The van der Waals surface area contributed by atoms with Gasteiger partial charge in [-0.25, -0.2) is 4.98 Å². The summed E-state index contributed by atoms with van der Waals surface area (Å²) in [7, 11) is 0. The second-order valence-electron chi connectivity index (χ2n) is 4.62. The van der Waals surface area contributed by atoms with E-state index in [0.717, 1.165) is 38.4 Å². The smallest absolute Gasteiger partial charge is 0.322 e. The minimum Gasteiger partial charge on any atom is -0.480 e. The molecular weight excluding hydrogens is 232 g/mol. The first kappa shape index (κ1) is 13.0.